The van der Waals surface area contributed by atoms with Gasteiger partial charge in [-0.3, -0.25) is 4.90 Å². The maximum atomic E-state index is 6.19. The minimum absolute atomic E-state index is 0.396. The summed E-state index contributed by atoms with van der Waals surface area (Å²) >= 11 is 0. The van der Waals surface area contributed by atoms with Gasteiger partial charge in [0, 0.05) is 25.2 Å². The Bertz CT molecular complexity index is 446. The first-order valence-electron chi connectivity index (χ1n) is 8.25. The Kier molecular flexibility index (Phi) is 4.13. The number of hydrogen-bond donors (Lipinski definition) is 1. The molecule has 2 N–H and O–H groups in total. The molecule has 1 atom stereocenters. The highest BCUT2D eigenvalue weighted by Crippen LogP contribution is 2.44. The molecule has 2 fully saturated rings. The molecule has 0 aliphatic heterocycles. The molecule has 1 aromatic rings. The molecule has 2 nitrogen and oxygen atoms in total. The first kappa shape index (κ1) is 14.1. The van der Waals surface area contributed by atoms with E-state index in [0.717, 1.165) is 18.4 Å². The SMILES string of the molecule is CC(C)N(CC1CC1)C(CN)c1ccccc1C1CC1. The predicted octanol–water partition coefficient (Wildman–Crippen LogP) is 3.68. The van der Waals surface area contributed by atoms with Crippen LogP contribution >= 0.6 is 0 Å². The highest BCUT2D eigenvalue weighted by atomic mass is 15.2. The maximum Gasteiger partial charge on any atom is 0.0476 e. The summed E-state index contributed by atoms with van der Waals surface area (Å²) in [6.45, 7) is 6.57. The molecule has 2 saturated carbocycles. The average Bonchev–Trinajstić information content (AvgIpc) is 3.32. The van der Waals surface area contributed by atoms with Crippen LogP contribution in [0.2, 0.25) is 0 Å². The van der Waals surface area contributed by atoms with Crippen molar-refractivity contribution >= 4 is 0 Å². The lowest BCUT2D eigenvalue weighted by Gasteiger charge is -2.36. The van der Waals surface area contributed by atoms with E-state index in [1.807, 2.05) is 0 Å². The Hall–Kier alpha value is -0.860. The topological polar surface area (TPSA) is 29.3 Å². The fourth-order valence-electron chi connectivity index (χ4n) is 3.32. The Morgan fingerprint density at radius 1 is 1.15 bits per heavy atom. The van der Waals surface area contributed by atoms with Gasteiger partial charge in [-0.05, 0) is 62.5 Å². The largest absolute Gasteiger partial charge is 0.329 e. The van der Waals surface area contributed by atoms with Gasteiger partial charge in [-0.25, -0.2) is 0 Å². The van der Waals surface area contributed by atoms with Gasteiger partial charge in [-0.2, -0.15) is 0 Å². The van der Waals surface area contributed by atoms with Crippen molar-refractivity contribution in [1.29, 1.82) is 0 Å². The van der Waals surface area contributed by atoms with Crippen LogP contribution in [0.3, 0.4) is 0 Å². The summed E-state index contributed by atoms with van der Waals surface area (Å²) in [5, 5.41) is 0. The van der Waals surface area contributed by atoms with Crippen LogP contribution in [0, 0.1) is 5.92 Å². The summed E-state index contributed by atoms with van der Waals surface area (Å²) in [6, 6.07) is 9.97. The van der Waals surface area contributed by atoms with Crippen molar-refractivity contribution in [3.63, 3.8) is 0 Å². The number of hydrogen-bond acceptors (Lipinski definition) is 2. The van der Waals surface area contributed by atoms with Crippen molar-refractivity contribution < 1.29 is 0 Å². The predicted molar refractivity (Wildman–Crippen MR) is 84.8 cm³/mol. The number of nitrogens with zero attached hydrogens (tertiary/aromatic N) is 1. The fraction of sp³-hybridized carbons (Fsp3) is 0.667. The van der Waals surface area contributed by atoms with Gasteiger partial charge in [0.2, 0.25) is 0 Å². The van der Waals surface area contributed by atoms with Crippen LogP contribution in [0.15, 0.2) is 24.3 Å². The third-order valence-electron chi connectivity index (χ3n) is 4.83. The molecule has 1 aromatic carbocycles. The van der Waals surface area contributed by atoms with Crippen LogP contribution in [0.5, 0.6) is 0 Å². The van der Waals surface area contributed by atoms with Crippen LogP contribution < -0.4 is 5.73 Å². The number of benzene rings is 1. The van der Waals surface area contributed by atoms with E-state index >= 15 is 0 Å². The van der Waals surface area contributed by atoms with Crippen LogP contribution in [-0.2, 0) is 0 Å². The Morgan fingerprint density at radius 2 is 1.85 bits per heavy atom. The van der Waals surface area contributed by atoms with Gasteiger partial charge in [0.1, 0.15) is 0 Å². The van der Waals surface area contributed by atoms with E-state index in [-0.39, 0.29) is 0 Å². The first-order chi connectivity index (χ1) is 9.70. The van der Waals surface area contributed by atoms with Crippen molar-refractivity contribution in [2.75, 3.05) is 13.1 Å². The fourth-order valence-corrected chi connectivity index (χ4v) is 3.32. The summed E-state index contributed by atoms with van der Waals surface area (Å²) in [5.74, 6) is 1.72. The van der Waals surface area contributed by atoms with Gasteiger partial charge < -0.3 is 5.73 Å². The van der Waals surface area contributed by atoms with Crippen LogP contribution in [0.1, 0.15) is 62.6 Å². The zero-order valence-corrected chi connectivity index (χ0v) is 12.9. The summed E-state index contributed by atoms with van der Waals surface area (Å²) in [5.41, 5.74) is 9.24. The third-order valence-corrected chi connectivity index (χ3v) is 4.83. The van der Waals surface area contributed by atoms with Gasteiger partial charge in [0.05, 0.1) is 0 Å². The monoisotopic (exact) mass is 272 g/mol. The molecule has 3 rings (SSSR count). The molecule has 0 heterocycles. The zero-order chi connectivity index (χ0) is 14.1. The van der Waals surface area contributed by atoms with Gasteiger partial charge in [0.25, 0.3) is 0 Å². The van der Waals surface area contributed by atoms with Crippen LogP contribution in [-0.4, -0.2) is 24.0 Å². The smallest absolute Gasteiger partial charge is 0.0476 e. The summed E-state index contributed by atoms with van der Waals surface area (Å²) in [6.07, 6.45) is 5.53. The van der Waals surface area contributed by atoms with Crippen molar-refractivity contribution in [2.24, 2.45) is 11.7 Å². The molecule has 2 aliphatic rings. The highest BCUT2D eigenvalue weighted by Gasteiger charge is 2.33. The maximum absolute atomic E-state index is 6.19. The van der Waals surface area contributed by atoms with E-state index in [2.05, 4.69) is 43.0 Å². The lowest BCUT2D eigenvalue weighted by molar-refractivity contribution is 0.149. The molecule has 0 amide bonds. The molecule has 0 aromatic heterocycles. The zero-order valence-electron chi connectivity index (χ0n) is 12.9. The molecule has 0 spiro atoms. The number of rotatable bonds is 7. The van der Waals surface area contributed by atoms with Gasteiger partial charge in [-0.15, -0.1) is 0 Å². The molecule has 1 unspecified atom stereocenters. The Morgan fingerprint density at radius 3 is 2.40 bits per heavy atom. The molecule has 20 heavy (non-hydrogen) atoms. The molecule has 0 saturated heterocycles. The minimum Gasteiger partial charge on any atom is -0.329 e. The van der Waals surface area contributed by atoms with E-state index in [9.17, 15) is 0 Å². The minimum atomic E-state index is 0.396. The second-order valence-electron chi connectivity index (χ2n) is 6.89. The van der Waals surface area contributed by atoms with E-state index in [1.54, 1.807) is 5.56 Å². The quantitative estimate of drug-likeness (QED) is 0.820. The van der Waals surface area contributed by atoms with E-state index < -0.39 is 0 Å². The van der Waals surface area contributed by atoms with Crippen molar-refractivity contribution in [2.45, 2.75) is 57.5 Å². The molecule has 0 bridgehead atoms. The number of nitrogens with two attached hydrogens (primary N) is 1. The second kappa shape index (κ2) is 5.87. The van der Waals surface area contributed by atoms with Crippen LogP contribution in [0.25, 0.3) is 0 Å². The summed E-state index contributed by atoms with van der Waals surface area (Å²) in [7, 11) is 0. The highest BCUT2D eigenvalue weighted by molar-refractivity contribution is 5.36. The summed E-state index contributed by atoms with van der Waals surface area (Å²) in [4.78, 5) is 2.64. The van der Waals surface area contributed by atoms with Gasteiger partial charge in [-0.1, -0.05) is 24.3 Å². The van der Waals surface area contributed by atoms with Crippen LogP contribution in [0.4, 0.5) is 0 Å². The van der Waals surface area contributed by atoms with E-state index in [4.69, 9.17) is 5.73 Å². The Balaban J connectivity index is 1.86. The molecule has 110 valence electrons. The molecular weight excluding hydrogens is 244 g/mol. The normalized spacial score (nSPS) is 20.6. The van der Waals surface area contributed by atoms with Crippen molar-refractivity contribution in [3.8, 4) is 0 Å². The van der Waals surface area contributed by atoms with Gasteiger partial charge in [0.15, 0.2) is 0 Å². The lowest BCUT2D eigenvalue weighted by atomic mass is 9.95. The van der Waals surface area contributed by atoms with Crippen molar-refractivity contribution in [3.05, 3.63) is 35.4 Å². The average molecular weight is 272 g/mol. The molecule has 2 heteroatoms. The lowest BCUT2D eigenvalue weighted by Crippen LogP contribution is -2.40. The van der Waals surface area contributed by atoms with Crippen molar-refractivity contribution in [1.82, 2.24) is 4.90 Å². The van der Waals surface area contributed by atoms with E-state index in [0.29, 0.717) is 12.1 Å². The summed E-state index contributed by atoms with van der Waals surface area (Å²) < 4.78 is 0. The molecular formula is C18H28N2. The first-order valence-corrected chi connectivity index (χ1v) is 8.25. The van der Waals surface area contributed by atoms with E-state index in [1.165, 1.54) is 37.8 Å². The molecule has 0 radical (unpaired) electrons. The Labute approximate surface area is 123 Å². The van der Waals surface area contributed by atoms with Gasteiger partial charge >= 0.3 is 0 Å². The molecule has 2 aliphatic carbocycles. The third kappa shape index (κ3) is 3.07. The standard InChI is InChI=1S/C18H28N2/c1-13(2)20(12-14-7-8-14)18(11-19)17-6-4-3-5-16(17)15-9-10-15/h3-6,13-15,18H,7-12,19H2,1-2H3. The second-order valence-corrected chi connectivity index (χ2v) is 6.89.